The molecule has 0 fully saturated rings. The highest BCUT2D eigenvalue weighted by molar-refractivity contribution is 7.00. The Labute approximate surface area is 203 Å². The van der Waals surface area contributed by atoms with E-state index in [1.54, 1.807) is 42.5 Å². The molecule has 0 radical (unpaired) electrons. The minimum Gasteiger partial charge on any atom is -0.465 e. The van der Waals surface area contributed by atoms with Gasteiger partial charge in [0.05, 0.1) is 31.3 Å². The number of unbranched alkanes of at least 4 members (excludes halogenated alkanes) is 7. The van der Waals surface area contributed by atoms with E-state index in [4.69, 9.17) is 32.5 Å². The molecular formula is C25H33Cl2O4P. The number of carbonyl (C=O) groups is 2. The van der Waals surface area contributed by atoms with E-state index in [9.17, 15) is 9.59 Å². The predicted octanol–water partition coefficient (Wildman–Crippen LogP) is 7.58. The molecule has 2 rings (SSSR count). The maximum atomic E-state index is 13.2. The molecule has 0 saturated heterocycles. The average Bonchev–Trinajstić information content (AvgIpc) is 2.80. The van der Waals surface area contributed by atoms with Crippen molar-refractivity contribution in [3.8, 4) is 0 Å². The zero-order chi connectivity index (χ0) is 23.8. The Morgan fingerprint density at radius 3 is 1.91 bits per heavy atom. The van der Waals surface area contributed by atoms with Gasteiger partial charge in [0.25, 0.3) is 0 Å². The lowest BCUT2D eigenvalue weighted by Crippen LogP contribution is -2.25. The van der Waals surface area contributed by atoms with Crippen molar-refractivity contribution in [3.63, 3.8) is 0 Å². The molecule has 0 bridgehead atoms. The van der Waals surface area contributed by atoms with Crippen LogP contribution in [0.25, 0.3) is 0 Å². The number of esters is 1. The molecule has 0 aliphatic heterocycles. The van der Waals surface area contributed by atoms with E-state index in [0.717, 1.165) is 19.3 Å². The van der Waals surface area contributed by atoms with Gasteiger partial charge in [-0.1, -0.05) is 111 Å². The summed E-state index contributed by atoms with van der Waals surface area (Å²) in [5.41, 5.74) is 0.720. The number of rotatable bonds is 13. The number of halogens is 2. The second-order valence-corrected chi connectivity index (χ2v) is 8.26. The molecule has 0 heterocycles. The minimum atomic E-state index is -1.09. The molecule has 2 aromatic carbocycles. The maximum Gasteiger partial charge on any atom is 0.321 e. The molecule has 0 N–H and O–H groups in total. The molecule has 7 heteroatoms. The number of ketones is 1. The number of ether oxygens (including phenoxy) is 1. The van der Waals surface area contributed by atoms with Crippen molar-refractivity contribution in [1.29, 1.82) is 0 Å². The van der Waals surface area contributed by atoms with Crippen molar-refractivity contribution in [3.05, 3.63) is 69.7 Å². The molecule has 2 unspecified atom stereocenters. The van der Waals surface area contributed by atoms with E-state index in [1.165, 1.54) is 32.1 Å². The van der Waals surface area contributed by atoms with Gasteiger partial charge in [-0.05, 0) is 24.1 Å². The number of carbonyl (C=O) groups excluding carboxylic acids is 2. The third-order valence-corrected chi connectivity index (χ3v) is 5.71. The van der Waals surface area contributed by atoms with Crippen LogP contribution in [-0.2, 0) is 14.1 Å². The van der Waals surface area contributed by atoms with E-state index in [2.05, 4.69) is 6.92 Å². The Balaban J connectivity index is 0.00000249. The van der Waals surface area contributed by atoms with E-state index in [0.29, 0.717) is 21.3 Å². The number of benzene rings is 2. The highest BCUT2D eigenvalue weighted by Crippen LogP contribution is 2.31. The van der Waals surface area contributed by atoms with E-state index >= 15 is 0 Å². The van der Waals surface area contributed by atoms with Crippen LogP contribution in [0.1, 0.15) is 80.1 Å². The van der Waals surface area contributed by atoms with Gasteiger partial charge in [-0.3, -0.25) is 9.59 Å². The molecule has 2 aromatic rings. The molecule has 0 aliphatic rings. The van der Waals surface area contributed by atoms with Crippen LogP contribution in [-0.4, -0.2) is 18.4 Å². The van der Waals surface area contributed by atoms with Crippen LogP contribution in [0.3, 0.4) is 0 Å². The van der Waals surface area contributed by atoms with E-state index in [-0.39, 0.29) is 15.6 Å². The Hall–Kier alpha value is -1.61. The molecular weight excluding hydrogens is 466 g/mol. The van der Waals surface area contributed by atoms with Crippen LogP contribution in [0.4, 0.5) is 0 Å². The molecule has 2 atom stereocenters. The first-order valence-electron chi connectivity index (χ1n) is 11.0. The van der Waals surface area contributed by atoms with E-state index in [1.807, 2.05) is 6.07 Å². The topological polar surface area (TPSA) is 60.4 Å². The van der Waals surface area contributed by atoms with Crippen LogP contribution in [0.2, 0.25) is 10.0 Å². The number of hydrogen-bond donors (Lipinski definition) is 0. The van der Waals surface area contributed by atoms with Crippen molar-refractivity contribution < 1.29 is 18.9 Å². The van der Waals surface area contributed by atoms with Crippen LogP contribution >= 0.6 is 32.3 Å². The fourth-order valence-corrected chi connectivity index (χ4v) is 3.99. The van der Waals surface area contributed by atoms with Crippen LogP contribution in [0.15, 0.2) is 48.5 Å². The van der Waals surface area contributed by atoms with Gasteiger partial charge < -0.3 is 9.30 Å². The average molecular weight is 499 g/mol. The van der Waals surface area contributed by atoms with Gasteiger partial charge in [0, 0.05) is 0 Å². The Bertz CT molecular complexity index is 810. The first-order valence-corrected chi connectivity index (χ1v) is 12.4. The SMILES string of the molecule is CCCCCCCCCCOC(=O)C(C(=O)c1c(Cl)cccc1Cl)c1ccccc1.O=[PH3]. The second kappa shape index (κ2) is 16.9. The van der Waals surface area contributed by atoms with Gasteiger partial charge in [0.1, 0.15) is 5.92 Å². The quantitative estimate of drug-likeness (QED) is 0.0937. The maximum absolute atomic E-state index is 13.2. The third kappa shape index (κ3) is 9.48. The zero-order valence-electron chi connectivity index (χ0n) is 18.7. The van der Waals surface area contributed by atoms with Crippen molar-refractivity contribution in [2.24, 2.45) is 0 Å². The number of Topliss-reactive ketones (excluding diaryl/α,β-unsaturated/α-hetero) is 1. The summed E-state index contributed by atoms with van der Waals surface area (Å²) in [6.07, 6.45) is 9.25. The van der Waals surface area contributed by atoms with Gasteiger partial charge in [0.2, 0.25) is 0 Å². The molecule has 0 spiro atoms. The van der Waals surface area contributed by atoms with Gasteiger partial charge >= 0.3 is 5.97 Å². The predicted molar refractivity (Wildman–Crippen MR) is 135 cm³/mol. The summed E-state index contributed by atoms with van der Waals surface area (Å²) >= 11 is 12.4. The standard InChI is InChI=1S/C25H30Cl2O3.H3OP/c1-2-3-4-5-6-7-8-12-18-30-25(29)22(19-14-10-9-11-15-19)24(28)23-20(26)16-13-17-21(23)27;1-2/h9-11,13-17,22H,2-8,12,18H2,1H3;2H3. The number of hydrogen-bond acceptors (Lipinski definition) is 4. The summed E-state index contributed by atoms with van der Waals surface area (Å²) < 4.78 is 13.8. The zero-order valence-corrected chi connectivity index (χ0v) is 21.6. The largest absolute Gasteiger partial charge is 0.465 e. The fourth-order valence-electron chi connectivity index (χ4n) is 3.41. The van der Waals surface area contributed by atoms with Gasteiger partial charge in [-0.2, -0.15) is 0 Å². The van der Waals surface area contributed by atoms with Crippen molar-refractivity contribution in [2.75, 3.05) is 6.61 Å². The lowest BCUT2D eigenvalue weighted by atomic mass is 9.90. The van der Waals surface area contributed by atoms with Crippen molar-refractivity contribution >= 4 is 44.1 Å². The Morgan fingerprint density at radius 1 is 0.812 bits per heavy atom. The molecule has 0 amide bonds. The fraction of sp³-hybridized carbons (Fsp3) is 0.440. The van der Waals surface area contributed by atoms with Crippen molar-refractivity contribution in [2.45, 2.75) is 64.2 Å². The first-order chi connectivity index (χ1) is 15.6. The van der Waals surface area contributed by atoms with Crippen LogP contribution in [0.5, 0.6) is 0 Å². The molecule has 176 valence electrons. The van der Waals surface area contributed by atoms with Gasteiger partial charge in [-0.25, -0.2) is 0 Å². The summed E-state index contributed by atoms with van der Waals surface area (Å²) in [5, 5.41) is 0.452. The monoisotopic (exact) mass is 498 g/mol. The lowest BCUT2D eigenvalue weighted by molar-refractivity contribution is -0.144. The first kappa shape index (κ1) is 28.4. The second-order valence-electron chi connectivity index (χ2n) is 7.45. The highest BCUT2D eigenvalue weighted by atomic mass is 35.5. The molecule has 0 aliphatic carbocycles. The third-order valence-electron chi connectivity index (χ3n) is 5.08. The minimum absolute atomic E-state index is 0.152. The highest BCUT2D eigenvalue weighted by Gasteiger charge is 2.33. The summed E-state index contributed by atoms with van der Waals surface area (Å²) in [5.74, 6) is -2.10. The lowest BCUT2D eigenvalue weighted by Gasteiger charge is -2.17. The van der Waals surface area contributed by atoms with Gasteiger partial charge in [-0.15, -0.1) is 0 Å². The molecule has 0 aromatic heterocycles. The Kier molecular flexibility index (Phi) is 15.1. The summed E-state index contributed by atoms with van der Waals surface area (Å²) in [7, 11) is 0.611. The van der Waals surface area contributed by atoms with Gasteiger partial charge in [0.15, 0.2) is 5.78 Å². The molecule has 0 saturated carbocycles. The van der Waals surface area contributed by atoms with Crippen LogP contribution in [0, 0.1) is 0 Å². The normalized spacial score (nSPS) is 11.3. The van der Waals surface area contributed by atoms with E-state index < -0.39 is 17.7 Å². The summed E-state index contributed by atoms with van der Waals surface area (Å²) in [6.45, 7) is 2.52. The Morgan fingerprint density at radius 2 is 1.34 bits per heavy atom. The van der Waals surface area contributed by atoms with Crippen molar-refractivity contribution in [1.82, 2.24) is 0 Å². The summed E-state index contributed by atoms with van der Waals surface area (Å²) in [4.78, 5) is 26.1. The van der Waals surface area contributed by atoms with Crippen LogP contribution < -0.4 is 0 Å². The molecule has 4 nitrogen and oxygen atoms in total. The summed E-state index contributed by atoms with van der Waals surface area (Å²) in [6, 6.07) is 13.7. The molecule has 32 heavy (non-hydrogen) atoms. The smallest absolute Gasteiger partial charge is 0.321 e.